The molecule has 0 aromatic carbocycles. The molecule has 0 aromatic rings. The van der Waals surface area contributed by atoms with Crippen molar-refractivity contribution in [2.75, 3.05) is 65.6 Å². The largest absolute Gasteiger partial charge is 0.382 e. The van der Waals surface area contributed by atoms with Gasteiger partial charge in [-0.3, -0.25) is 14.8 Å². The molecule has 1 atom stereocenters. The summed E-state index contributed by atoms with van der Waals surface area (Å²) in [6, 6.07) is 0.625. The molecule has 3 heterocycles. The van der Waals surface area contributed by atoms with Crippen molar-refractivity contribution in [1.82, 2.24) is 20.4 Å². The van der Waals surface area contributed by atoms with Crippen molar-refractivity contribution < 1.29 is 4.74 Å². The number of aliphatic imine (C=N–C) groups is 1. The van der Waals surface area contributed by atoms with Crippen LogP contribution in [0.3, 0.4) is 0 Å². The van der Waals surface area contributed by atoms with E-state index in [1.807, 2.05) is 0 Å². The van der Waals surface area contributed by atoms with E-state index in [0.29, 0.717) is 11.5 Å². The van der Waals surface area contributed by atoms with Gasteiger partial charge in [-0.05, 0) is 38.5 Å². The van der Waals surface area contributed by atoms with Gasteiger partial charge in [-0.1, -0.05) is 12.8 Å². The highest BCUT2D eigenvalue weighted by Crippen LogP contribution is 2.41. The molecule has 0 spiro atoms. The Balaban J connectivity index is 0.00000261. The third-order valence-corrected chi connectivity index (χ3v) is 6.46. The summed E-state index contributed by atoms with van der Waals surface area (Å²) in [4.78, 5) is 10.2. The van der Waals surface area contributed by atoms with Gasteiger partial charge in [0.15, 0.2) is 5.96 Å². The lowest BCUT2D eigenvalue weighted by atomic mass is 9.83. The predicted molar refractivity (Wildman–Crippen MR) is 123 cm³/mol. The molecular weight excluding hydrogens is 453 g/mol. The van der Waals surface area contributed by atoms with E-state index in [2.05, 4.69) is 34.3 Å². The third-order valence-electron chi connectivity index (χ3n) is 6.46. The van der Waals surface area contributed by atoms with Crippen LogP contribution < -0.4 is 10.6 Å². The molecule has 0 radical (unpaired) electrons. The molecule has 1 saturated carbocycles. The van der Waals surface area contributed by atoms with Crippen molar-refractivity contribution in [3.05, 3.63) is 0 Å². The molecule has 4 aliphatic rings. The van der Waals surface area contributed by atoms with Gasteiger partial charge in [-0.2, -0.15) is 0 Å². The zero-order chi connectivity index (χ0) is 18.2. The summed E-state index contributed by atoms with van der Waals surface area (Å²) in [5.74, 6) is 0.993. The fraction of sp³-hybridized carbons (Fsp3) is 0.950. The first-order valence-electron chi connectivity index (χ1n) is 10.8. The average molecular weight is 493 g/mol. The van der Waals surface area contributed by atoms with Crippen molar-refractivity contribution in [2.24, 2.45) is 10.4 Å². The number of piperazine rings is 3. The SMILES string of the molecule is CCNC(=NCC1(CCOCC)CCCC1)NCC1CN2CCN1CC2.I. The predicted octanol–water partition coefficient (Wildman–Crippen LogP) is 2.15. The molecule has 0 aromatic heterocycles. The normalized spacial score (nSPS) is 29.4. The van der Waals surface area contributed by atoms with Crippen molar-refractivity contribution >= 4 is 29.9 Å². The van der Waals surface area contributed by atoms with E-state index >= 15 is 0 Å². The molecule has 7 heteroatoms. The molecule has 3 saturated heterocycles. The first-order chi connectivity index (χ1) is 12.7. The molecule has 27 heavy (non-hydrogen) atoms. The topological polar surface area (TPSA) is 52.1 Å². The summed E-state index contributed by atoms with van der Waals surface area (Å²) in [6.45, 7) is 14.9. The highest BCUT2D eigenvalue weighted by Gasteiger charge is 2.34. The highest BCUT2D eigenvalue weighted by atomic mass is 127. The summed E-state index contributed by atoms with van der Waals surface area (Å²) in [7, 11) is 0. The lowest BCUT2D eigenvalue weighted by molar-refractivity contribution is 0.0154. The summed E-state index contributed by atoms with van der Waals surface area (Å²) < 4.78 is 5.64. The summed E-state index contributed by atoms with van der Waals surface area (Å²) in [5, 5.41) is 7.07. The fourth-order valence-corrected chi connectivity index (χ4v) is 4.77. The molecule has 3 aliphatic heterocycles. The Kier molecular flexibility index (Phi) is 10.1. The van der Waals surface area contributed by atoms with Gasteiger partial charge in [-0.15, -0.1) is 24.0 Å². The van der Waals surface area contributed by atoms with E-state index < -0.39 is 0 Å². The van der Waals surface area contributed by atoms with Crippen LogP contribution in [0.4, 0.5) is 0 Å². The third kappa shape index (κ3) is 6.72. The number of nitrogens with zero attached hydrogens (tertiary/aromatic N) is 3. The molecular formula is C20H40IN5O. The Labute approximate surface area is 182 Å². The standard InChI is InChI=1S/C20H39N5O.HI/c1-3-21-19(22-15-18-16-24-10-12-25(18)13-11-24)23-17-20(7-5-6-8-20)9-14-26-4-2;/h18H,3-17H2,1-2H3,(H2,21,22,23);1H. The minimum atomic E-state index is 0. The van der Waals surface area contributed by atoms with Crippen LogP contribution in [0.1, 0.15) is 46.0 Å². The number of halogens is 1. The van der Waals surface area contributed by atoms with Gasteiger partial charge in [0.05, 0.1) is 0 Å². The van der Waals surface area contributed by atoms with Gasteiger partial charge in [0.2, 0.25) is 0 Å². The molecule has 6 nitrogen and oxygen atoms in total. The summed E-state index contributed by atoms with van der Waals surface area (Å²) in [6.07, 6.45) is 6.44. The number of rotatable bonds is 9. The molecule has 158 valence electrons. The van der Waals surface area contributed by atoms with Crippen LogP contribution in [-0.4, -0.2) is 87.4 Å². The van der Waals surface area contributed by atoms with Crippen LogP contribution >= 0.6 is 24.0 Å². The van der Waals surface area contributed by atoms with Crippen LogP contribution in [-0.2, 0) is 4.74 Å². The summed E-state index contributed by atoms with van der Waals surface area (Å²) in [5.41, 5.74) is 0.358. The molecule has 1 aliphatic carbocycles. The van der Waals surface area contributed by atoms with Crippen molar-refractivity contribution in [3.63, 3.8) is 0 Å². The monoisotopic (exact) mass is 493 g/mol. The van der Waals surface area contributed by atoms with Crippen LogP contribution in [0.25, 0.3) is 0 Å². The van der Waals surface area contributed by atoms with Gasteiger partial charge >= 0.3 is 0 Å². The van der Waals surface area contributed by atoms with Gasteiger partial charge in [-0.25, -0.2) is 0 Å². The van der Waals surface area contributed by atoms with Crippen molar-refractivity contribution in [3.8, 4) is 0 Å². The van der Waals surface area contributed by atoms with E-state index in [-0.39, 0.29) is 24.0 Å². The lowest BCUT2D eigenvalue weighted by Crippen LogP contribution is -2.63. The highest BCUT2D eigenvalue weighted by molar-refractivity contribution is 14.0. The molecule has 4 rings (SSSR count). The van der Waals surface area contributed by atoms with Crippen LogP contribution in [0.2, 0.25) is 0 Å². The average Bonchev–Trinajstić information content (AvgIpc) is 3.14. The number of nitrogens with one attached hydrogen (secondary N) is 2. The second-order valence-corrected chi connectivity index (χ2v) is 8.22. The van der Waals surface area contributed by atoms with Gasteiger partial charge in [0.25, 0.3) is 0 Å². The first kappa shape index (κ1) is 23.2. The zero-order valence-electron chi connectivity index (χ0n) is 17.3. The van der Waals surface area contributed by atoms with Gasteiger partial charge < -0.3 is 15.4 Å². The van der Waals surface area contributed by atoms with Crippen LogP contribution in [0, 0.1) is 5.41 Å². The van der Waals surface area contributed by atoms with E-state index in [1.165, 1.54) is 58.4 Å². The maximum Gasteiger partial charge on any atom is 0.191 e. The number of hydrogen-bond donors (Lipinski definition) is 2. The number of ether oxygens (including phenoxy) is 1. The minimum Gasteiger partial charge on any atom is -0.382 e. The molecule has 2 N–H and O–H groups in total. The molecule has 2 bridgehead atoms. The lowest BCUT2D eigenvalue weighted by Gasteiger charge is -2.47. The van der Waals surface area contributed by atoms with Crippen LogP contribution in [0.5, 0.6) is 0 Å². The Hall–Kier alpha value is -0.120. The Morgan fingerprint density at radius 1 is 1.11 bits per heavy atom. The molecule has 0 amide bonds. The second kappa shape index (κ2) is 11.8. The van der Waals surface area contributed by atoms with Gasteiger partial charge in [0.1, 0.15) is 0 Å². The van der Waals surface area contributed by atoms with Crippen molar-refractivity contribution in [1.29, 1.82) is 0 Å². The fourth-order valence-electron chi connectivity index (χ4n) is 4.77. The molecule has 1 unspecified atom stereocenters. The number of fused-ring (bicyclic) bond motifs is 3. The Bertz CT molecular complexity index is 448. The first-order valence-corrected chi connectivity index (χ1v) is 10.8. The zero-order valence-corrected chi connectivity index (χ0v) is 19.7. The van der Waals surface area contributed by atoms with Crippen molar-refractivity contribution in [2.45, 2.75) is 52.0 Å². The number of guanidine groups is 1. The number of hydrogen-bond acceptors (Lipinski definition) is 4. The Morgan fingerprint density at radius 2 is 1.85 bits per heavy atom. The van der Waals surface area contributed by atoms with E-state index in [0.717, 1.165) is 45.2 Å². The van der Waals surface area contributed by atoms with Crippen LogP contribution in [0.15, 0.2) is 4.99 Å². The minimum absolute atomic E-state index is 0. The van der Waals surface area contributed by atoms with E-state index in [1.54, 1.807) is 0 Å². The smallest absolute Gasteiger partial charge is 0.191 e. The van der Waals surface area contributed by atoms with E-state index in [9.17, 15) is 0 Å². The maximum absolute atomic E-state index is 5.64. The summed E-state index contributed by atoms with van der Waals surface area (Å²) >= 11 is 0. The quantitative estimate of drug-likeness (QED) is 0.223. The second-order valence-electron chi connectivity index (χ2n) is 8.22. The Morgan fingerprint density at radius 3 is 2.44 bits per heavy atom. The van der Waals surface area contributed by atoms with E-state index in [4.69, 9.17) is 9.73 Å². The maximum atomic E-state index is 5.64. The molecule has 4 fully saturated rings. The van der Waals surface area contributed by atoms with Gasteiger partial charge in [0, 0.05) is 71.6 Å².